The highest BCUT2D eigenvalue weighted by Gasteiger charge is 2.20. The Balaban J connectivity index is 1.46. The summed E-state index contributed by atoms with van der Waals surface area (Å²) in [5, 5.41) is 10.7. The number of hydrogen-bond donors (Lipinski definition) is 2. The zero-order valence-corrected chi connectivity index (χ0v) is 16.2. The summed E-state index contributed by atoms with van der Waals surface area (Å²) in [4.78, 5) is 4.24. The SMILES string of the molecule is CCC(CC)c1cc(CNC(=NC)NCC2COc3ccccc3O2)on1. The number of para-hydroxylation sites is 2. The Labute approximate surface area is 160 Å². The lowest BCUT2D eigenvalue weighted by molar-refractivity contribution is 0.0936. The molecular formula is C20H28N4O3. The van der Waals surface area contributed by atoms with Gasteiger partial charge in [-0.25, -0.2) is 0 Å². The molecule has 27 heavy (non-hydrogen) atoms. The van der Waals surface area contributed by atoms with Crippen LogP contribution >= 0.6 is 0 Å². The second kappa shape index (κ2) is 9.30. The number of rotatable bonds is 7. The summed E-state index contributed by atoms with van der Waals surface area (Å²) in [6.07, 6.45) is 2.04. The molecule has 2 heterocycles. The van der Waals surface area contributed by atoms with Crippen LogP contribution in [0, 0.1) is 0 Å². The van der Waals surface area contributed by atoms with E-state index in [4.69, 9.17) is 14.0 Å². The lowest BCUT2D eigenvalue weighted by Crippen LogP contribution is -2.45. The molecule has 0 bridgehead atoms. The first-order chi connectivity index (χ1) is 13.2. The van der Waals surface area contributed by atoms with Crippen molar-refractivity contribution in [3.05, 3.63) is 41.8 Å². The summed E-state index contributed by atoms with van der Waals surface area (Å²) in [6.45, 7) is 5.95. The minimum Gasteiger partial charge on any atom is -0.486 e. The topological polar surface area (TPSA) is 80.9 Å². The van der Waals surface area contributed by atoms with Crippen molar-refractivity contribution in [1.29, 1.82) is 0 Å². The van der Waals surface area contributed by atoms with Gasteiger partial charge in [0, 0.05) is 19.0 Å². The number of nitrogens with one attached hydrogen (secondary N) is 2. The first kappa shape index (κ1) is 19.1. The first-order valence-electron chi connectivity index (χ1n) is 9.51. The Hall–Kier alpha value is -2.70. The lowest BCUT2D eigenvalue weighted by atomic mass is 9.99. The molecule has 0 amide bonds. The van der Waals surface area contributed by atoms with Gasteiger partial charge in [0.25, 0.3) is 0 Å². The average molecular weight is 372 g/mol. The highest BCUT2D eigenvalue weighted by Crippen LogP contribution is 2.30. The molecule has 0 aliphatic carbocycles. The molecule has 0 radical (unpaired) electrons. The molecule has 1 unspecified atom stereocenters. The van der Waals surface area contributed by atoms with Crippen molar-refractivity contribution >= 4 is 5.96 Å². The van der Waals surface area contributed by atoms with Crippen LogP contribution in [-0.2, 0) is 6.54 Å². The summed E-state index contributed by atoms with van der Waals surface area (Å²) < 4.78 is 17.1. The smallest absolute Gasteiger partial charge is 0.191 e. The van der Waals surface area contributed by atoms with E-state index < -0.39 is 0 Å². The van der Waals surface area contributed by atoms with E-state index >= 15 is 0 Å². The molecule has 0 saturated carbocycles. The number of nitrogens with zero attached hydrogens (tertiary/aromatic N) is 2. The number of hydrogen-bond acceptors (Lipinski definition) is 5. The maximum absolute atomic E-state index is 5.95. The minimum atomic E-state index is -0.0785. The maximum Gasteiger partial charge on any atom is 0.191 e. The van der Waals surface area contributed by atoms with Crippen molar-refractivity contribution in [2.24, 2.45) is 4.99 Å². The van der Waals surface area contributed by atoms with Crippen molar-refractivity contribution in [2.75, 3.05) is 20.2 Å². The van der Waals surface area contributed by atoms with E-state index in [-0.39, 0.29) is 6.10 Å². The molecule has 2 aromatic rings. The summed E-state index contributed by atoms with van der Waals surface area (Å²) in [6, 6.07) is 9.71. The summed E-state index contributed by atoms with van der Waals surface area (Å²) in [5.74, 6) is 3.49. The number of benzene rings is 1. The molecule has 1 aliphatic rings. The Kier molecular flexibility index (Phi) is 6.57. The summed E-state index contributed by atoms with van der Waals surface area (Å²) >= 11 is 0. The number of fused-ring (bicyclic) bond motifs is 1. The van der Waals surface area contributed by atoms with E-state index in [1.807, 2.05) is 30.3 Å². The second-order valence-corrected chi connectivity index (χ2v) is 6.54. The highest BCUT2D eigenvalue weighted by atomic mass is 16.6. The molecule has 0 saturated heterocycles. The van der Waals surface area contributed by atoms with E-state index in [2.05, 4.69) is 34.6 Å². The van der Waals surface area contributed by atoms with Crippen LogP contribution in [0.1, 0.15) is 44.1 Å². The average Bonchev–Trinajstić information content (AvgIpc) is 3.17. The third-order valence-corrected chi connectivity index (χ3v) is 4.70. The fraction of sp³-hybridized carbons (Fsp3) is 0.500. The molecule has 3 rings (SSSR count). The highest BCUT2D eigenvalue weighted by molar-refractivity contribution is 5.79. The van der Waals surface area contributed by atoms with Crippen molar-refractivity contribution in [1.82, 2.24) is 15.8 Å². The first-order valence-corrected chi connectivity index (χ1v) is 9.51. The zero-order chi connectivity index (χ0) is 19.1. The quantitative estimate of drug-likeness (QED) is 0.574. The van der Waals surface area contributed by atoms with Gasteiger partial charge in [-0.3, -0.25) is 4.99 Å². The van der Waals surface area contributed by atoms with Crippen molar-refractivity contribution in [3.63, 3.8) is 0 Å². The molecule has 146 valence electrons. The van der Waals surface area contributed by atoms with Crippen LogP contribution in [-0.4, -0.2) is 37.4 Å². The van der Waals surface area contributed by atoms with Crippen LogP contribution in [0.2, 0.25) is 0 Å². The van der Waals surface area contributed by atoms with Gasteiger partial charge in [0.05, 0.1) is 18.8 Å². The van der Waals surface area contributed by atoms with Gasteiger partial charge in [-0.05, 0) is 25.0 Å². The van der Waals surface area contributed by atoms with E-state index in [1.54, 1.807) is 7.05 Å². The summed E-state index contributed by atoms with van der Waals surface area (Å²) in [7, 11) is 1.73. The Morgan fingerprint density at radius 2 is 2.00 bits per heavy atom. The van der Waals surface area contributed by atoms with Gasteiger partial charge in [0.2, 0.25) is 0 Å². The van der Waals surface area contributed by atoms with Crippen LogP contribution in [0.25, 0.3) is 0 Å². The normalized spacial score (nSPS) is 16.4. The van der Waals surface area contributed by atoms with Gasteiger partial charge in [0.15, 0.2) is 23.2 Å². The largest absolute Gasteiger partial charge is 0.486 e. The van der Waals surface area contributed by atoms with E-state index in [0.717, 1.165) is 35.8 Å². The zero-order valence-electron chi connectivity index (χ0n) is 16.2. The molecule has 2 N–H and O–H groups in total. The second-order valence-electron chi connectivity index (χ2n) is 6.54. The predicted octanol–water partition coefficient (Wildman–Crippen LogP) is 3.08. The number of aromatic nitrogens is 1. The lowest BCUT2D eigenvalue weighted by Gasteiger charge is -2.27. The molecular weight excluding hydrogens is 344 g/mol. The third kappa shape index (κ3) is 4.93. The number of guanidine groups is 1. The van der Waals surface area contributed by atoms with E-state index in [9.17, 15) is 0 Å². The van der Waals surface area contributed by atoms with Crippen LogP contribution in [0.3, 0.4) is 0 Å². The Morgan fingerprint density at radius 3 is 2.74 bits per heavy atom. The fourth-order valence-corrected chi connectivity index (χ4v) is 3.08. The Bertz CT molecular complexity index is 755. The minimum absolute atomic E-state index is 0.0785. The molecule has 1 aromatic heterocycles. The molecule has 1 aromatic carbocycles. The summed E-state index contributed by atoms with van der Waals surface area (Å²) in [5.41, 5.74) is 1.02. The molecule has 7 nitrogen and oxygen atoms in total. The van der Waals surface area contributed by atoms with Gasteiger partial charge in [-0.1, -0.05) is 31.1 Å². The molecule has 0 spiro atoms. The van der Waals surface area contributed by atoms with Crippen molar-refractivity contribution < 1.29 is 14.0 Å². The van der Waals surface area contributed by atoms with E-state index in [0.29, 0.717) is 31.6 Å². The molecule has 1 aliphatic heterocycles. The van der Waals surface area contributed by atoms with Gasteiger partial charge in [-0.2, -0.15) is 0 Å². The molecule has 7 heteroatoms. The molecule has 0 fully saturated rings. The van der Waals surface area contributed by atoms with Crippen LogP contribution in [0.15, 0.2) is 39.8 Å². The fourth-order valence-electron chi connectivity index (χ4n) is 3.08. The van der Waals surface area contributed by atoms with Crippen molar-refractivity contribution in [2.45, 2.75) is 45.3 Å². The van der Waals surface area contributed by atoms with E-state index in [1.165, 1.54) is 0 Å². The molecule has 1 atom stereocenters. The number of ether oxygens (including phenoxy) is 2. The Morgan fingerprint density at radius 1 is 1.22 bits per heavy atom. The van der Waals surface area contributed by atoms with Gasteiger partial charge in [-0.15, -0.1) is 0 Å². The van der Waals surface area contributed by atoms with Crippen LogP contribution in [0.5, 0.6) is 11.5 Å². The van der Waals surface area contributed by atoms with Crippen molar-refractivity contribution in [3.8, 4) is 11.5 Å². The standard InChI is InChI=1S/C20H28N4O3/c1-4-14(5-2)17-10-15(27-24-17)11-22-20(21-3)23-12-16-13-25-18-8-6-7-9-19(18)26-16/h6-10,14,16H,4-5,11-13H2,1-3H3,(H2,21,22,23). The maximum atomic E-state index is 5.95. The van der Waals surface area contributed by atoms with Gasteiger partial charge in [0.1, 0.15) is 12.7 Å². The van der Waals surface area contributed by atoms with Gasteiger partial charge >= 0.3 is 0 Å². The van der Waals surface area contributed by atoms with Gasteiger partial charge < -0.3 is 24.6 Å². The monoisotopic (exact) mass is 372 g/mol. The third-order valence-electron chi connectivity index (χ3n) is 4.70. The van der Waals surface area contributed by atoms with Crippen LogP contribution in [0.4, 0.5) is 0 Å². The number of aliphatic imine (C=N–C) groups is 1. The predicted molar refractivity (Wildman–Crippen MR) is 104 cm³/mol. The van der Waals surface area contributed by atoms with Crippen LogP contribution < -0.4 is 20.1 Å².